The Morgan fingerprint density at radius 1 is 1.33 bits per heavy atom. The van der Waals surface area contributed by atoms with Crippen LogP contribution < -0.4 is 5.32 Å². The quantitative estimate of drug-likeness (QED) is 0.883. The molecule has 3 rings (SSSR count). The SMILES string of the molecule is Cc1ccc(C(CNc2ncc(C(F)(F)F)s2)N2CCOCC2)o1. The van der Waals surface area contributed by atoms with Gasteiger partial charge in [-0.1, -0.05) is 11.3 Å². The van der Waals surface area contributed by atoms with Gasteiger partial charge in [0, 0.05) is 19.6 Å². The van der Waals surface area contributed by atoms with Gasteiger partial charge in [-0.15, -0.1) is 0 Å². The maximum atomic E-state index is 12.7. The van der Waals surface area contributed by atoms with Gasteiger partial charge in [0.15, 0.2) is 5.13 Å². The van der Waals surface area contributed by atoms with E-state index >= 15 is 0 Å². The molecule has 0 saturated carbocycles. The summed E-state index contributed by atoms with van der Waals surface area (Å²) in [5.41, 5.74) is 0. The fraction of sp³-hybridized carbons (Fsp3) is 0.533. The van der Waals surface area contributed by atoms with Gasteiger partial charge in [0.05, 0.1) is 25.5 Å². The van der Waals surface area contributed by atoms with E-state index in [1.165, 1.54) is 0 Å². The van der Waals surface area contributed by atoms with Crippen molar-refractivity contribution in [3.8, 4) is 0 Å². The molecule has 1 saturated heterocycles. The van der Waals surface area contributed by atoms with Gasteiger partial charge in [-0.25, -0.2) is 4.98 Å². The molecule has 1 fully saturated rings. The highest BCUT2D eigenvalue weighted by Gasteiger charge is 2.33. The average molecular weight is 361 g/mol. The van der Waals surface area contributed by atoms with E-state index in [0.29, 0.717) is 31.1 Å². The normalized spacial score (nSPS) is 17.8. The van der Waals surface area contributed by atoms with E-state index < -0.39 is 11.1 Å². The number of aryl methyl sites for hydroxylation is 1. The van der Waals surface area contributed by atoms with E-state index in [1.807, 2.05) is 19.1 Å². The topological polar surface area (TPSA) is 50.5 Å². The van der Waals surface area contributed by atoms with Gasteiger partial charge in [0.2, 0.25) is 0 Å². The second-order valence-corrected chi connectivity index (χ2v) is 6.55. The molecule has 0 bridgehead atoms. The molecule has 2 aromatic heterocycles. The maximum Gasteiger partial charge on any atom is 0.427 e. The van der Waals surface area contributed by atoms with Gasteiger partial charge in [0.25, 0.3) is 0 Å². The lowest BCUT2D eigenvalue weighted by Crippen LogP contribution is -2.41. The van der Waals surface area contributed by atoms with Crippen molar-refractivity contribution < 1.29 is 22.3 Å². The Hall–Kier alpha value is -1.58. The van der Waals surface area contributed by atoms with E-state index in [-0.39, 0.29) is 11.2 Å². The Balaban J connectivity index is 1.71. The molecule has 5 nitrogen and oxygen atoms in total. The lowest BCUT2D eigenvalue weighted by Gasteiger charge is -2.33. The Morgan fingerprint density at radius 2 is 2.08 bits per heavy atom. The molecule has 0 amide bonds. The zero-order valence-electron chi connectivity index (χ0n) is 13.1. The van der Waals surface area contributed by atoms with Crippen molar-refractivity contribution in [2.24, 2.45) is 0 Å². The van der Waals surface area contributed by atoms with E-state index in [9.17, 15) is 13.2 Å². The molecule has 2 aromatic rings. The molecular weight excluding hydrogens is 343 g/mol. The number of alkyl halides is 3. The van der Waals surface area contributed by atoms with Crippen molar-refractivity contribution in [3.05, 3.63) is 34.7 Å². The molecule has 0 radical (unpaired) electrons. The van der Waals surface area contributed by atoms with Crippen LogP contribution in [0.2, 0.25) is 0 Å². The predicted molar refractivity (Wildman–Crippen MR) is 84.2 cm³/mol. The molecule has 1 unspecified atom stereocenters. The summed E-state index contributed by atoms with van der Waals surface area (Å²) in [6.07, 6.45) is -3.51. The Labute approximate surface area is 141 Å². The van der Waals surface area contributed by atoms with E-state index in [0.717, 1.165) is 30.8 Å². The van der Waals surface area contributed by atoms with Crippen molar-refractivity contribution in [2.45, 2.75) is 19.1 Å². The minimum absolute atomic E-state index is 0.0826. The Morgan fingerprint density at radius 3 is 2.67 bits per heavy atom. The highest BCUT2D eigenvalue weighted by Crippen LogP contribution is 2.35. The van der Waals surface area contributed by atoms with Gasteiger partial charge in [-0.3, -0.25) is 4.90 Å². The zero-order valence-corrected chi connectivity index (χ0v) is 13.9. The van der Waals surface area contributed by atoms with Crippen LogP contribution in [0.15, 0.2) is 22.7 Å². The maximum absolute atomic E-state index is 12.7. The molecular formula is C15H18F3N3O2S. The number of anilines is 1. The standard InChI is InChI=1S/C15H18F3N3O2S/c1-10-2-3-12(23-10)11(21-4-6-22-7-5-21)8-19-14-20-9-13(24-14)15(16,17)18/h2-3,9,11H,4-8H2,1H3,(H,19,20). The highest BCUT2D eigenvalue weighted by atomic mass is 32.1. The summed E-state index contributed by atoms with van der Waals surface area (Å²) in [6.45, 7) is 5.04. The Kier molecular flexibility index (Phi) is 5.12. The summed E-state index contributed by atoms with van der Waals surface area (Å²) < 4.78 is 49.1. The van der Waals surface area contributed by atoms with Crippen LogP contribution in [-0.4, -0.2) is 42.7 Å². The highest BCUT2D eigenvalue weighted by molar-refractivity contribution is 7.15. The molecule has 0 spiro atoms. The summed E-state index contributed by atoms with van der Waals surface area (Å²) in [7, 11) is 0. The molecule has 24 heavy (non-hydrogen) atoms. The first-order valence-corrected chi connectivity index (χ1v) is 8.40. The molecule has 1 atom stereocenters. The molecule has 1 aliphatic rings. The van der Waals surface area contributed by atoms with Gasteiger partial charge in [-0.2, -0.15) is 13.2 Å². The van der Waals surface area contributed by atoms with Crippen LogP contribution >= 0.6 is 11.3 Å². The lowest BCUT2D eigenvalue weighted by atomic mass is 10.1. The van der Waals surface area contributed by atoms with Gasteiger partial charge < -0.3 is 14.5 Å². The minimum atomic E-state index is -4.36. The van der Waals surface area contributed by atoms with Crippen LogP contribution in [0.4, 0.5) is 18.3 Å². The first-order valence-electron chi connectivity index (χ1n) is 7.58. The first-order chi connectivity index (χ1) is 11.4. The third-order valence-corrected chi connectivity index (χ3v) is 4.81. The molecule has 3 heterocycles. The van der Waals surface area contributed by atoms with Crippen molar-refractivity contribution >= 4 is 16.5 Å². The van der Waals surface area contributed by atoms with E-state index in [4.69, 9.17) is 9.15 Å². The first kappa shape index (κ1) is 17.2. The largest absolute Gasteiger partial charge is 0.465 e. The van der Waals surface area contributed by atoms with Crippen LogP contribution in [0, 0.1) is 6.92 Å². The second kappa shape index (κ2) is 7.12. The molecule has 132 valence electrons. The number of hydrogen-bond donors (Lipinski definition) is 1. The van der Waals surface area contributed by atoms with Gasteiger partial charge >= 0.3 is 6.18 Å². The van der Waals surface area contributed by atoms with Crippen LogP contribution in [0.25, 0.3) is 0 Å². The third-order valence-electron chi connectivity index (χ3n) is 3.81. The minimum Gasteiger partial charge on any atom is -0.465 e. The average Bonchev–Trinajstić information content (AvgIpc) is 3.18. The van der Waals surface area contributed by atoms with Crippen LogP contribution in [0.3, 0.4) is 0 Å². The molecule has 0 aromatic carbocycles. The monoisotopic (exact) mass is 361 g/mol. The summed E-state index contributed by atoms with van der Waals surface area (Å²) >= 11 is 0.608. The smallest absolute Gasteiger partial charge is 0.427 e. The number of rotatable bonds is 5. The fourth-order valence-corrected chi connectivity index (χ4v) is 3.29. The van der Waals surface area contributed by atoms with Crippen molar-refractivity contribution in [1.82, 2.24) is 9.88 Å². The lowest BCUT2D eigenvalue weighted by molar-refractivity contribution is -0.134. The van der Waals surface area contributed by atoms with Crippen LogP contribution in [-0.2, 0) is 10.9 Å². The van der Waals surface area contributed by atoms with Crippen molar-refractivity contribution in [3.63, 3.8) is 0 Å². The van der Waals surface area contributed by atoms with Crippen LogP contribution in [0.1, 0.15) is 22.4 Å². The summed E-state index contributed by atoms with van der Waals surface area (Å²) in [6, 6.07) is 3.70. The fourth-order valence-electron chi connectivity index (χ4n) is 2.60. The summed E-state index contributed by atoms with van der Waals surface area (Å²) in [4.78, 5) is 5.31. The zero-order chi connectivity index (χ0) is 17.2. The van der Waals surface area contributed by atoms with Gasteiger partial charge in [-0.05, 0) is 19.1 Å². The third kappa shape index (κ3) is 4.08. The number of morpholine rings is 1. The van der Waals surface area contributed by atoms with Gasteiger partial charge in [0.1, 0.15) is 16.4 Å². The predicted octanol–water partition coefficient (Wildman–Crippen LogP) is 3.55. The number of thiazole rings is 1. The number of ether oxygens (including phenoxy) is 1. The number of halogens is 3. The Bertz CT molecular complexity index is 665. The van der Waals surface area contributed by atoms with E-state index in [2.05, 4.69) is 15.2 Å². The number of nitrogens with one attached hydrogen (secondary N) is 1. The number of furan rings is 1. The number of hydrogen-bond acceptors (Lipinski definition) is 6. The van der Waals surface area contributed by atoms with Crippen LogP contribution in [0.5, 0.6) is 0 Å². The van der Waals surface area contributed by atoms with E-state index in [1.54, 1.807) is 0 Å². The molecule has 1 N–H and O–H groups in total. The number of aromatic nitrogens is 1. The summed E-state index contributed by atoms with van der Waals surface area (Å²) in [5, 5.41) is 3.26. The molecule has 1 aliphatic heterocycles. The van der Waals surface area contributed by atoms with Crippen molar-refractivity contribution in [2.75, 3.05) is 38.2 Å². The second-order valence-electron chi connectivity index (χ2n) is 5.52. The van der Waals surface area contributed by atoms with Crippen molar-refractivity contribution in [1.29, 1.82) is 0 Å². The molecule has 0 aliphatic carbocycles. The molecule has 9 heteroatoms. The summed E-state index contributed by atoms with van der Waals surface area (Å²) in [5.74, 6) is 1.59. The number of nitrogens with zero attached hydrogens (tertiary/aromatic N) is 2.